The van der Waals surface area contributed by atoms with Gasteiger partial charge in [-0.05, 0) is 31.0 Å². The molecule has 1 aromatic carbocycles. The molecule has 1 atom stereocenters. The third-order valence-corrected chi connectivity index (χ3v) is 4.76. The average Bonchev–Trinajstić information content (AvgIpc) is 2.77. The van der Waals surface area contributed by atoms with E-state index in [1.54, 1.807) is 24.5 Å². The Balaban J connectivity index is 1.36. The molecule has 1 unspecified atom stereocenters. The van der Waals surface area contributed by atoms with Crippen molar-refractivity contribution >= 4 is 28.7 Å². The van der Waals surface area contributed by atoms with Gasteiger partial charge in [0.25, 0.3) is 5.91 Å². The van der Waals surface area contributed by atoms with Crippen LogP contribution in [0.5, 0.6) is 0 Å². The van der Waals surface area contributed by atoms with Crippen LogP contribution in [0.3, 0.4) is 0 Å². The second kappa shape index (κ2) is 7.99. The number of nitrogens with one attached hydrogen (secondary N) is 2. The zero-order valence-electron chi connectivity index (χ0n) is 15.2. The smallest absolute Gasteiger partial charge is 0.288 e. The van der Waals surface area contributed by atoms with E-state index < -0.39 is 5.91 Å². The molecule has 2 N–H and O–H groups in total. The predicted octanol–water partition coefficient (Wildman–Crippen LogP) is 1.70. The molecule has 3 aromatic rings. The lowest BCUT2D eigenvalue weighted by Crippen LogP contribution is -2.49. The van der Waals surface area contributed by atoms with Gasteiger partial charge in [-0.3, -0.25) is 20.4 Å². The van der Waals surface area contributed by atoms with E-state index in [0.717, 1.165) is 30.3 Å². The van der Waals surface area contributed by atoms with E-state index in [1.165, 1.54) is 0 Å². The van der Waals surface area contributed by atoms with Crippen LogP contribution in [0.4, 0.5) is 5.95 Å². The Kier molecular flexibility index (Phi) is 5.09. The molecule has 8 heteroatoms. The van der Waals surface area contributed by atoms with Gasteiger partial charge in [0.05, 0.1) is 11.4 Å². The lowest BCUT2D eigenvalue weighted by molar-refractivity contribution is -0.126. The van der Waals surface area contributed by atoms with E-state index in [9.17, 15) is 9.59 Å². The number of rotatable bonds is 3. The third-order valence-electron chi connectivity index (χ3n) is 4.76. The number of carbonyl (C=O) groups is 2. The number of amides is 2. The van der Waals surface area contributed by atoms with Gasteiger partial charge in [-0.2, -0.15) is 0 Å². The molecule has 1 aliphatic heterocycles. The highest BCUT2D eigenvalue weighted by atomic mass is 16.2. The van der Waals surface area contributed by atoms with Gasteiger partial charge in [-0.25, -0.2) is 15.0 Å². The highest BCUT2D eigenvalue weighted by Crippen LogP contribution is 2.20. The number of anilines is 1. The largest absolute Gasteiger partial charge is 0.340 e. The van der Waals surface area contributed by atoms with Gasteiger partial charge >= 0.3 is 0 Å². The van der Waals surface area contributed by atoms with Crippen molar-refractivity contribution in [3.8, 4) is 0 Å². The standard InChI is InChI=1S/C20H20N6O2/c27-18(15-6-3-12-26(13-15)20-21-10-4-11-22-20)24-25-19(28)17-9-8-14-5-1-2-7-16(14)23-17/h1-2,4-5,7-11,15H,3,6,12-13H2,(H,24,27)(H,25,28). The normalized spacial score (nSPS) is 16.6. The first-order valence-electron chi connectivity index (χ1n) is 9.19. The molecular formula is C20H20N6O2. The van der Waals surface area contributed by atoms with E-state index in [1.807, 2.05) is 35.2 Å². The molecule has 2 amide bonds. The van der Waals surface area contributed by atoms with Crippen molar-refractivity contribution in [3.05, 3.63) is 60.6 Å². The number of para-hydroxylation sites is 1. The minimum absolute atomic E-state index is 0.227. The van der Waals surface area contributed by atoms with Crippen molar-refractivity contribution in [2.75, 3.05) is 18.0 Å². The quantitative estimate of drug-likeness (QED) is 0.675. The monoisotopic (exact) mass is 376 g/mol. The first kappa shape index (κ1) is 17.8. The van der Waals surface area contributed by atoms with Crippen LogP contribution in [0.25, 0.3) is 10.9 Å². The summed E-state index contributed by atoms with van der Waals surface area (Å²) in [7, 11) is 0. The van der Waals surface area contributed by atoms with Crippen molar-refractivity contribution in [3.63, 3.8) is 0 Å². The minimum Gasteiger partial charge on any atom is -0.340 e. The highest BCUT2D eigenvalue weighted by Gasteiger charge is 2.27. The number of carbonyl (C=O) groups excluding carboxylic acids is 2. The number of hydrogen-bond acceptors (Lipinski definition) is 6. The summed E-state index contributed by atoms with van der Waals surface area (Å²) in [6, 6.07) is 12.8. The summed E-state index contributed by atoms with van der Waals surface area (Å²) >= 11 is 0. The van der Waals surface area contributed by atoms with Gasteiger partial charge in [0.15, 0.2) is 0 Å². The average molecular weight is 376 g/mol. The Morgan fingerprint density at radius 1 is 1.00 bits per heavy atom. The summed E-state index contributed by atoms with van der Waals surface area (Å²) in [4.78, 5) is 39.6. The Morgan fingerprint density at radius 2 is 1.82 bits per heavy atom. The van der Waals surface area contributed by atoms with E-state index in [-0.39, 0.29) is 17.5 Å². The molecular weight excluding hydrogens is 356 g/mol. The topological polar surface area (TPSA) is 100 Å². The van der Waals surface area contributed by atoms with Gasteiger partial charge in [0.1, 0.15) is 5.69 Å². The van der Waals surface area contributed by atoms with E-state index in [0.29, 0.717) is 12.5 Å². The second-order valence-electron chi connectivity index (χ2n) is 6.67. The number of pyridine rings is 1. The molecule has 3 heterocycles. The van der Waals surface area contributed by atoms with Crippen molar-refractivity contribution in [2.45, 2.75) is 12.8 Å². The minimum atomic E-state index is -0.446. The summed E-state index contributed by atoms with van der Waals surface area (Å²) in [6.45, 7) is 1.32. The molecule has 0 saturated carbocycles. The fraction of sp³-hybridized carbons (Fsp3) is 0.250. The van der Waals surface area contributed by atoms with Crippen LogP contribution in [0.1, 0.15) is 23.3 Å². The lowest BCUT2D eigenvalue weighted by atomic mass is 9.98. The number of aromatic nitrogens is 3. The SMILES string of the molecule is O=C(NNC(=O)C1CCCN(c2ncccn2)C1)c1ccc2ccccc2n1. The molecule has 8 nitrogen and oxygen atoms in total. The summed E-state index contributed by atoms with van der Waals surface area (Å²) in [5.74, 6) is -0.306. The van der Waals surface area contributed by atoms with Crippen LogP contribution in [-0.4, -0.2) is 39.9 Å². The van der Waals surface area contributed by atoms with Crippen LogP contribution in [-0.2, 0) is 4.79 Å². The molecule has 2 aromatic heterocycles. The molecule has 28 heavy (non-hydrogen) atoms. The van der Waals surface area contributed by atoms with Gasteiger partial charge in [-0.15, -0.1) is 0 Å². The van der Waals surface area contributed by atoms with E-state index >= 15 is 0 Å². The summed E-state index contributed by atoms with van der Waals surface area (Å²) < 4.78 is 0. The maximum absolute atomic E-state index is 12.5. The van der Waals surface area contributed by atoms with E-state index in [4.69, 9.17) is 0 Å². The Morgan fingerprint density at radius 3 is 2.68 bits per heavy atom. The van der Waals surface area contributed by atoms with Gasteiger partial charge < -0.3 is 4.90 Å². The van der Waals surface area contributed by atoms with Crippen molar-refractivity contribution in [1.82, 2.24) is 25.8 Å². The highest BCUT2D eigenvalue weighted by molar-refractivity contribution is 5.96. The first-order valence-corrected chi connectivity index (χ1v) is 9.19. The Bertz CT molecular complexity index is 994. The second-order valence-corrected chi connectivity index (χ2v) is 6.67. The predicted molar refractivity (Wildman–Crippen MR) is 104 cm³/mol. The molecule has 0 radical (unpaired) electrons. The van der Waals surface area contributed by atoms with Gasteiger partial charge in [0, 0.05) is 30.9 Å². The first-order chi connectivity index (χ1) is 13.7. The maximum Gasteiger partial charge on any atom is 0.288 e. The molecule has 0 bridgehead atoms. The third kappa shape index (κ3) is 3.90. The Hall–Kier alpha value is -3.55. The lowest BCUT2D eigenvalue weighted by Gasteiger charge is -2.31. The fourth-order valence-corrected chi connectivity index (χ4v) is 3.30. The zero-order chi connectivity index (χ0) is 19.3. The van der Waals surface area contributed by atoms with Crippen LogP contribution >= 0.6 is 0 Å². The molecule has 142 valence electrons. The van der Waals surface area contributed by atoms with Crippen LogP contribution in [0, 0.1) is 5.92 Å². The maximum atomic E-state index is 12.5. The van der Waals surface area contributed by atoms with Crippen LogP contribution < -0.4 is 15.8 Å². The van der Waals surface area contributed by atoms with Crippen molar-refractivity contribution in [1.29, 1.82) is 0 Å². The summed E-state index contributed by atoms with van der Waals surface area (Å²) in [6.07, 6.45) is 4.97. The van der Waals surface area contributed by atoms with Crippen LogP contribution in [0.2, 0.25) is 0 Å². The molecule has 4 rings (SSSR count). The summed E-state index contributed by atoms with van der Waals surface area (Å²) in [5, 5.41) is 0.952. The number of benzene rings is 1. The molecule has 1 fully saturated rings. The van der Waals surface area contributed by atoms with Crippen molar-refractivity contribution < 1.29 is 9.59 Å². The van der Waals surface area contributed by atoms with Crippen molar-refractivity contribution in [2.24, 2.45) is 5.92 Å². The fourth-order valence-electron chi connectivity index (χ4n) is 3.30. The van der Waals surface area contributed by atoms with Gasteiger partial charge in [0.2, 0.25) is 11.9 Å². The molecule has 0 spiro atoms. The molecule has 1 saturated heterocycles. The number of fused-ring (bicyclic) bond motifs is 1. The number of nitrogens with zero attached hydrogens (tertiary/aromatic N) is 4. The van der Waals surface area contributed by atoms with E-state index in [2.05, 4.69) is 25.8 Å². The van der Waals surface area contributed by atoms with Gasteiger partial charge in [-0.1, -0.05) is 24.3 Å². The van der Waals surface area contributed by atoms with Crippen LogP contribution in [0.15, 0.2) is 54.9 Å². The number of hydrazine groups is 1. The number of hydrogen-bond donors (Lipinski definition) is 2. The molecule has 0 aliphatic carbocycles. The molecule has 1 aliphatic rings. The summed E-state index contributed by atoms with van der Waals surface area (Å²) in [5.41, 5.74) is 5.97. The zero-order valence-corrected chi connectivity index (χ0v) is 15.2. The number of piperidine rings is 1. The Labute approximate surface area is 162 Å².